The molecule has 0 saturated heterocycles. The molecule has 106 valence electrons. The number of carbonyl (C=O) groups is 1. The lowest BCUT2D eigenvalue weighted by molar-refractivity contribution is -0.139. The second-order valence-corrected chi connectivity index (χ2v) is 3.80. The lowest BCUT2D eigenvalue weighted by atomic mass is 10.1. The molecular weight excluding hydrogens is 266 g/mol. The van der Waals surface area contributed by atoms with E-state index in [1.54, 1.807) is 18.2 Å². The van der Waals surface area contributed by atoms with Gasteiger partial charge in [0.15, 0.2) is 6.04 Å². The molecule has 2 rings (SSSR count). The van der Waals surface area contributed by atoms with Gasteiger partial charge in [-0.2, -0.15) is 0 Å². The normalized spacial score (nSPS) is 11.9. The minimum atomic E-state index is -1.38. The molecule has 0 aliphatic carbocycles. The highest BCUT2D eigenvalue weighted by molar-refractivity contribution is 5.74. The van der Waals surface area contributed by atoms with Gasteiger partial charge >= 0.3 is 5.97 Å². The quantitative estimate of drug-likeness (QED) is 0.825. The van der Waals surface area contributed by atoms with Gasteiger partial charge in [-0.15, -0.1) is 10.2 Å². The van der Waals surface area contributed by atoms with E-state index in [4.69, 9.17) is 24.7 Å². The van der Waals surface area contributed by atoms with Gasteiger partial charge in [0, 0.05) is 0 Å². The molecule has 0 fully saturated rings. The van der Waals surface area contributed by atoms with Crippen molar-refractivity contribution in [2.45, 2.75) is 6.04 Å². The van der Waals surface area contributed by atoms with Crippen LogP contribution in [0.5, 0.6) is 11.5 Å². The van der Waals surface area contributed by atoms with Gasteiger partial charge in [0.25, 0.3) is 5.89 Å². The molecule has 0 radical (unpaired) electrons. The molecule has 1 aromatic carbocycles. The van der Waals surface area contributed by atoms with Gasteiger partial charge in [-0.3, -0.25) is 0 Å². The van der Waals surface area contributed by atoms with Gasteiger partial charge in [0.2, 0.25) is 5.89 Å². The number of hydrogen-bond acceptors (Lipinski definition) is 7. The summed E-state index contributed by atoms with van der Waals surface area (Å²) in [4.78, 5) is 10.8. The molecule has 1 heterocycles. The summed E-state index contributed by atoms with van der Waals surface area (Å²) in [5.41, 5.74) is 5.85. The highest BCUT2D eigenvalue weighted by Crippen LogP contribution is 2.37. The first-order valence-electron chi connectivity index (χ1n) is 5.61. The molecule has 0 bridgehead atoms. The Kier molecular flexibility index (Phi) is 3.85. The predicted octanol–water partition coefficient (Wildman–Crippen LogP) is 0.838. The van der Waals surface area contributed by atoms with Crippen LogP contribution in [0.2, 0.25) is 0 Å². The minimum absolute atomic E-state index is 0.0750. The number of hydrogen-bond donors (Lipinski definition) is 2. The standard InChI is InChI=1S/C12H13N3O5/c1-18-6-4-3-5-7(19-2)8(6)10-14-15-11(20-10)9(13)12(16)17/h3-5,9H,13H2,1-2H3,(H,16,17). The van der Waals surface area contributed by atoms with E-state index in [1.807, 2.05) is 0 Å². The van der Waals surface area contributed by atoms with Gasteiger partial charge in [0.05, 0.1) is 14.2 Å². The molecule has 0 aliphatic heterocycles. The Balaban J connectivity index is 2.49. The van der Waals surface area contributed by atoms with E-state index in [2.05, 4.69) is 10.2 Å². The van der Waals surface area contributed by atoms with E-state index in [0.717, 1.165) is 0 Å². The summed E-state index contributed by atoms with van der Waals surface area (Å²) < 4.78 is 15.7. The van der Waals surface area contributed by atoms with E-state index in [9.17, 15) is 4.79 Å². The molecule has 3 N–H and O–H groups in total. The summed E-state index contributed by atoms with van der Waals surface area (Å²) >= 11 is 0. The average molecular weight is 279 g/mol. The van der Waals surface area contributed by atoms with Gasteiger partial charge in [-0.1, -0.05) is 6.07 Å². The molecule has 1 aromatic heterocycles. The fourth-order valence-corrected chi connectivity index (χ4v) is 1.63. The molecule has 0 saturated carbocycles. The number of ether oxygens (including phenoxy) is 2. The van der Waals surface area contributed by atoms with Crippen molar-refractivity contribution in [2.75, 3.05) is 14.2 Å². The second-order valence-electron chi connectivity index (χ2n) is 3.80. The van der Waals surface area contributed by atoms with Crippen LogP contribution in [0.1, 0.15) is 11.9 Å². The summed E-state index contributed by atoms with van der Waals surface area (Å²) in [6, 6.07) is 3.75. The van der Waals surface area contributed by atoms with Crippen LogP contribution in [0, 0.1) is 0 Å². The fraction of sp³-hybridized carbons (Fsp3) is 0.250. The van der Waals surface area contributed by atoms with E-state index in [-0.39, 0.29) is 11.8 Å². The molecular formula is C12H13N3O5. The summed E-state index contributed by atoms with van der Waals surface area (Å²) in [5, 5.41) is 16.2. The third-order valence-corrected chi connectivity index (χ3v) is 2.61. The predicted molar refractivity (Wildman–Crippen MR) is 67.4 cm³/mol. The number of rotatable bonds is 5. The summed E-state index contributed by atoms with van der Waals surface area (Å²) in [6.45, 7) is 0. The number of aliphatic carboxylic acids is 1. The zero-order valence-electron chi connectivity index (χ0n) is 10.9. The molecule has 0 aliphatic rings. The molecule has 1 unspecified atom stereocenters. The van der Waals surface area contributed by atoms with E-state index >= 15 is 0 Å². The van der Waals surface area contributed by atoms with Crippen LogP contribution in [0.4, 0.5) is 0 Å². The SMILES string of the molecule is COc1cccc(OC)c1-c1nnc(C(N)C(=O)O)o1. The van der Waals surface area contributed by atoms with E-state index < -0.39 is 12.0 Å². The maximum atomic E-state index is 10.8. The Morgan fingerprint density at radius 1 is 1.30 bits per heavy atom. The first-order valence-corrected chi connectivity index (χ1v) is 5.61. The van der Waals surface area contributed by atoms with Crippen molar-refractivity contribution in [1.82, 2.24) is 10.2 Å². The first-order chi connectivity index (χ1) is 9.58. The largest absolute Gasteiger partial charge is 0.496 e. The van der Waals surface area contributed by atoms with Crippen LogP contribution in [0.3, 0.4) is 0 Å². The number of carboxylic acids is 1. The molecule has 8 nitrogen and oxygen atoms in total. The number of benzene rings is 1. The van der Waals surface area contributed by atoms with Crippen molar-refractivity contribution in [1.29, 1.82) is 0 Å². The first kappa shape index (κ1) is 13.8. The number of methoxy groups -OCH3 is 2. The third kappa shape index (κ3) is 2.41. The number of nitrogens with zero attached hydrogens (tertiary/aromatic N) is 2. The molecule has 1 atom stereocenters. The van der Waals surface area contributed by atoms with Crippen molar-refractivity contribution >= 4 is 5.97 Å². The topological polar surface area (TPSA) is 121 Å². The zero-order chi connectivity index (χ0) is 14.7. The Bertz CT molecular complexity index is 603. The van der Waals surface area contributed by atoms with E-state index in [1.165, 1.54) is 14.2 Å². The van der Waals surface area contributed by atoms with Crippen LogP contribution in [0.25, 0.3) is 11.5 Å². The van der Waals surface area contributed by atoms with Crippen LogP contribution in [-0.2, 0) is 4.79 Å². The van der Waals surface area contributed by atoms with Crippen molar-refractivity contribution in [3.8, 4) is 23.0 Å². The molecule has 2 aromatic rings. The van der Waals surface area contributed by atoms with Crippen LogP contribution in [0.15, 0.2) is 22.6 Å². The Morgan fingerprint density at radius 2 is 1.90 bits per heavy atom. The van der Waals surface area contributed by atoms with Gasteiger partial charge in [0.1, 0.15) is 17.1 Å². The van der Waals surface area contributed by atoms with Crippen LogP contribution >= 0.6 is 0 Å². The lowest BCUT2D eigenvalue weighted by Gasteiger charge is -2.09. The Morgan fingerprint density at radius 3 is 2.40 bits per heavy atom. The number of nitrogens with two attached hydrogens (primary N) is 1. The van der Waals surface area contributed by atoms with Crippen molar-refractivity contribution < 1.29 is 23.8 Å². The minimum Gasteiger partial charge on any atom is -0.496 e. The van der Waals surface area contributed by atoms with Crippen molar-refractivity contribution in [3.63, 3.8) is 0 Å². The number of carboxylic acid groups (broad SMARTS) is 1. The molecule has 20 heavy (non-hydrogen) atoms. The zero-order valence-corrected chi connectivity index (χ0v) is 10.9. The van der Waals surface area contributed by atoms with E-state index in [0.29, 0.717) is 17.1 Å². The number of aromatic nitrogens is 2. The van der Waals surface area contributed by atoms with Crippen LogP contribution < -0.4 is 15.2 Å². The monoisotopic (exact) mass is 279 g/mol. The maximum Gasteiger partial charge on any atom is 0.330 e. The van der Waals surface area contributed by atoms with Gasteiger partial charge in [-0.25, -0.2) is 4.79 Å². The summed E-state index contributed by atoms with van der Waals surface area (Å²) in [6.07, 6.45) is 0. The summed E-state index contributed by atoms with van der Waals surface area (Å²) in [7, 11) is 2.97. The van der Waals surface area contributed by atoms with Gasteiger partial charge in [-0.05, 0) is 12.1 Å². The summed E-state index contributed by atoms with van der Waals surface area (Å²) in [5.74, 6) is -0.453. The average Bonchev–Trinajstić information content (AvgIpc) is 2.94. The van der Waals surface area contributed by atoms with Crippen molar-refractivity contribution in [3.05, 3.63) is 24.1 Å². The molecule has 0 spiro atoms. The Labute approximate surface area is 114 Å². The molecule has 0 amide bonds. The highest BCUT2D eigenvalue weighted by atomic mass is 16.5. The highest BCUT2D eigenvalue weighted by Gasteiger charge is 2.24. The maximum absolute atomic E-state index is 10.8. The Hall–Kier alpha value is -2.61. The fourth-order valence-electron chi connectivity index (χ4n) is 1.63. The van der Waals surface area contributed by atoms with Crippen LogP contribution in [-0.4, -0.2) is 35.5 Å². The lowest BCUT2D eigenvalue weighted by Crippen LogP contribution is -2.20. The third-order valence-electron chi connectivity index (χ3n) is 2.61. The van der Waals surface area contributed by atoms with Gasteiger partial charge < -0.3 is 24.7 Å². The molecule has 8 heteroatoms. The smallest absolute Gasteiger partial charge is 0.330 e. The second kappa shape index (κ2) is 5.57. The van der Waals surface area contributed by atoms with Crippen molar-refractivity contribution in [2.24, 2.45) is 5.73 Å².